The summed E-state index contributed by atoms with van der Waals surface area (Å²) in [5.41, 5.74) is 0.157. The first-order valence-corrected chi connectivity index (χ1v) is 10.5. The van der Waals surface area contributed by atoms with Gasteiger partial charge in [0.05, 0.1) is 0 Å². The van der Waals surface area contributed by atoms with Crippen LogP contribution in [0.2, 0.25) is 0 Å². The Balaban J connectivity index is 3.56. The number of aliphatic carboxylic acids is 1. The molecule has 0 aromatic heterocycles. The van der Waals surface area contributed by atoms with Crippen LogP contribution in [0.4, 0.5) is 0 Å². The lowest BCUT2D eigenvalue weighted by Gasteiger charge is -2.18. The molecule has 0 saturated heterocycles. The van der Waals surface area contributed by atoms with Gasteiger partial charge < -0.3 is 5.11 Å². The number of rotatable bonds is 15. The molecule has 146 valence electrons. The summed E-state index contributed by atoms with van der Waals surface area (Å²) in [4.78, 5) is 11.2. The van der Waals surface area contributed by atoms with E-state index in [1.54, 1.807) is 6.08 Å². The summed E-state index contributed by atoms with van der Waals surface area (Å²) >= 11 is 0. The maximum atomic E-state index is 11.2. The zero-order valence-electron chi connectivity index (χ0n) is 17.3. The lowest BCUT2D eigenvalue weighted by Crippen LogP contribution is -2.17. The quantitative estimate of drug-likeness (QED) is 0.187. The predicted octanol–water partition coefficient (Wildman–Crippen LogP) is 7.69. The molecule has 1 N–H and O–H groups in total. The Hall–Kier alpha value is -1.05. The first-order valence-electron chi connectivity index (χ1n) is 10.5. The first-order chi connectivity index (χ1) is 11.9. The van der Waals surface area contributed by atoms with Gasteiger partial charge in [-0.25, -0.2) is 4.79 Å². The van der Waals surface area contributed by atoms with Gasteiger partial charge in [0.2, 0.25) is 0 Å². The first kappa shape index (κ1) is 23.9. The van der Waals surface area contributed by atoms with E-state index in [0.29, 0.717) is 5.57 Å². The summed E-state index contributed by atoms with van der Waals surface area (Å²) in [7, 11) is 0. The highest BCUT2D eigenvalue weighted by atomic mass is 16.4. The molecular weight excluding hydrogens is 308 g/mol. The van der Waals surface area contributed by atoms with E-state index in [1.165, 1.54) is 77.0 Å². The van der Waals surface area contributed by atoms with Crippen LogP contribution >= 0.6 is 0 Å². The topological polar surface area (TPSA) is 37.3 Å². The van der Waals surface area contributed by atoms with Crippen molar-refractivity contribution >= 4 is 5.97 Å². The minimum absolute atomic E-state index is 0.313. The summed E-state index contributed by atoms with van der Waals surface area (Å²) < 4.78 is 0. The van der Waals surface area contributed by atoms with E-state index < -0.39 is 5.97 Å². The fourth-order valence-corrected chi connectivity index (χ4v) is 3.01. The molecule has 0 aliphatic heterocycles. The maximum Gasteiger partial charge on any atom is 0.332 e. The van der Waals surface area contributed by atoms with Gasteiger partial charge in [-0.1, -0.05) is 117 Å². The molecule has 0 atom stereocenters. The Morgan fingerprint density at radius 3 is 1.64 bits per heavy atom. The van der Waals surface area contributed by atoms with Gasteiger partial charge in [0.15, 0.2) is 0 Å². The summed E-state index contributed by atoms with van der Waals surface area (Å²) in [5.74, 6) is -0.817. The second-order valence-electron chi connectivity index (χ2n) is 8.24. The number of carbonyl (C=O) groups is 1. The molecule has 2 nitrogen and oxygen atoms in total. The molecule has 0 fully saturated rings. The number of allylic oxidation sites excluding steroid dienone is 3. The predicted molar refractivity (Wildman–Crippen MR) is 110 cm³/mol. The van der Waals surface area contributed by atoms with E-state index in [9.17, 15) is 9.90 Å². The van der Waals surface area contributed by atoms with Crippen LogP contribution in [0.5, 0.6) is 0 Å². The van der Waals surface area contributed by atoms with Crippen LogP contribution in [0.15, 0.2) is 23.8 Å². The molecule has 2 heteroatoms. The van der Waals surface area contributed by atoms with Gasteiger partial charge in [0.1, 0.15) is 0 Å². The minimum atomic E-state index is -0.817. The van der Waals surface area contributed by atoms with Crippen LogP contribution in [0.1, 0.15) is 111 Å². The minimum Gasteiger partial charge on any atom is -0.478 e. The molecule has 0 bridgehead atoms. The molecule has 0 amide bonds. The van der Waals surface area contributed by atoms with E-state index in [-0.39, 0.29) is 5.41 Å². The van der Waals surface area contributed by atoms with Gasteiger partial charge in [-0.15, -0.1) is 0 Å². The van der Waals surface area contributed by atoms with Crippen LogP contribution in [0.25, 0.3) is 0 Å². The molecule has 25 heavy (non-hydrogen) atoms. The Morgan fingerprint density at radius 1 is 0.800 bits per heavy atom. The normalized spacial score (nSPS) is 12.9. The van der Waals surface area contributed by atoms with E-state index >= 15 is 0 Å². The van der Waals surface area contributed by atoms with Crippen LogP contribution in [0.3, 0.4) is 0 Å². The number of hydrogen-bond donors (Lipinski definition) is 1. The fourth-order valence-electron chi connectivity index (χ4n) is 3.01. The van der Waals surface area contributed by atoms with Crippen molar-refractivity contribution < 1.29 is 9.90 Å². The Morgan fingerprint density at radius 2 is 1.24 bits per heavy atom. The monoisotopic (exact) mass is 350 g/mol. The van der Waals surface area contributed by atoms with Gasteiger partial charge in [0, 0.05) is 5.57 Å². The third-order valence-electron chi connectivity index (χ3n) is 4.66. The molecule has 0 saturated carbocycles. The molecule has 0 aliphatic rings. The Bertz CT molecular complexity index is 385. The van der Waals surface area contributed by atoms with Gasteiger partial charge >= 0.3 is 5.97 Å². The van der Waals surface area contributed by atoms with Gasteiger partial charge in [0.25, 0.3) is 0 Å². The van der Waals surface area contributed by atoms with E-state index in [4.69, 9.17) is 0 Å². The van der Waals surface area contributed by atoms with Gasteiger partial charge in [-0.3, -0.25) is 0 Å². The molecular formula is C23H42O2. The average Bonchev–Trinajstić information content (AvgIpc) is 2.53. The summed E-state index contributed by atoms with van der Waals surface area (Å²) in [6.07, 6.45) is 23.2. The van der Waals surface area contributed by atoms with Crippen LogP contribution in [-0.4, -0.2) is 11.1 Å². The van der Waals surface area contributed by atoms with E-state index in [1.807, 2.05) is 26.8 Å². The highest BCUT2D eigenvalue weighted by molar-refractivity contribution is 5.88. The Labute approximate surface area is 156 Å². The molecule has 0 spiro atoms. The lowest BCUT2D eigenvalue weighted by molar-refractivity contribution is -0.133. The number of hydrogen-bond acceptors (Lipinski definition) is 1. The van der Waals surface area contributed by atoms with Crippen molar-refractivity contribution in [1.82, 2.24) is 0 Å². The molecule has 0 aromatic rings. The van der Waals surface area contributed by atoms with Crippen molar-refractivity contribution in [2.75, 3.05) is 0 Å². The highest BCUT2D eigenvalue weighted by Crippen LogP contribution is 2.25. The number of carboxylic acids is 1. The highest BCUT2D eigenvalue weighted by Gasteiger charge is 2.22. The summed E-state index contributed by atoms with van der Waals surface area (Å²) in [5, 5.41) is 9.22. The molecule has 0 unspecified atom stereocenters. The molecule has 0 heterocycles. The fraction of sp³-hybridized carbons (Fsp3) is 0.783. The number of unbranched alkanes of at least 4 members (excludes halogenated alkanes) is 12. The maximum absolute atomic E-state index is 11.2. The van der Waals surface area contributed by atoms with Gasteiger partial charge in [-0.05, 0) is 18.3 Å². The van der Waals surface area contributed by atoms with E-state index in [0.717, 1.165) is 6.42 Å². The third-order valence-corrected chi connectivity index (χ3v) is 4.66. The zero-order valence-corrected chi connectivity index (χ0v) is 17.3. The standard InChI is InChI=1S/C23H42O2/c1-5-6-7-8-9-10-11-12-13-14-15-16-17-18-19-20-21(22(24)25)23(2,3)4/h18-20H,5-17H2,1-4H3,(H,24,25). The summed E-state index contributed by atoms with van der Waals surface area (Å²) in [6.45, 7) is 8.08. The van der Waals surface area contributed by atoms with Crippen molar-refractivity contribution in [1.29, 1.82) is 0 Å². The van der Waals surface area contributed by atoms with E-state index in [2.05, 4.69) is 13.0 Å². The second-order valence-corrected chi connectivity index (χ2v) is 8.24. The molecule has 0 aliphatic carbocycles. The van der Waals surface area contributed by atoms with Crippen molar-refractivity contribution in [2.24, 2.45) is 5.41 Å². The Kier molecular flexibility index (Phi) is 14.6. The third kappa shape index (κ3) is 15.0. The molecule has 0 aromatic carbocycles. The zero-order chi connectivity index (χ0) is 19.0. The largest absolute Gasteiger partial charge is 0.478 e. The smallest absolute Gasteiger partial charge is 0.332 e. The SMILES string of the molecule is CCCCCCCCCCCCCCC=CC=C(C(=O)O)C(C)(C)C. The lowest BCUT2D eigenvalue weighted by atomic mass is 9.86. The molecule has 0 radical (unpaired) electrons. The average molecular weight is 351 g/mol. The van der Waals surface area contributed by atoms with Crippen molar-refractivity contribution in [3.63, 3.8) is 0 Å². The van der Waals surface area contributed by atoms with Crippen LogP contribution in [0, 0.1) is 5.41 Å². The number of carboxylic acid groups (broad SMARTS) is 1. The molecule has 0 rings (SSSR count). The van der Waals surface area contributed by atoms with Crippen LogP contribution < -0.4 is 0 Å². The second kappa shape index (κ2) is 15.2. The summed E-state index contributed by atoms with van der Waals surface area (Å²) in [6, 6.07) is 0. The van der Waals surface area contributed by atoms with Crippen molar-refractivity contribution in [3.05, 3.63) is 23.8 Å². The van der Waals surface area contributed by atoms with Gasteiger partial charge in [-0.2, -0.15) is 0 Å². The van der Waals surface area contributed by atoms with Crippen molar-refractivity contribution in [3.8, 4) is 0 Å². The van der Waals surface area contributed by atoms with Crippen molar-refractivity contribution in [2.45, 2.75) is 111 Å². The van der Waals surface area contributed by atoms with Crippen LogP contribution in [-0.2, 0) is 4.79 Å².